The molecule has 0 aliphatic rings. The Hall–Kier alpha value is -1.61. The maximum atomic E-state index is 10.5. The third-order valence-electron chi connectivity index (χ3n) is 3.67. The summed E-state index contributed by atoms with van der Waals surface area (Å²) in [6.45, 7) is 6.26. The molecule has 19 heavy (non-hydrogen) atoms. The van der Waals surface area contributed by atoms with E-state index < -0.39 is 6.10 Å². The van der Waals surface area contributed by atoms with Gasteiger partial charge >= 0.3 is 0 Å². The summed E-state index contributed by atoms with van der Waals surface area (Å²) in [6.07, 6.45) is 2.94. The Labute approximate surface area is 114 Å². The molecule has 1 heterocycles. The van der Waals surface area contributed by atoms with E-state index in [0.29, 0.717) is 6.42 Å². The first-order valence-corrected chi connectivity index (χ1v) is 6.78. The van der Waals surface area contributed by atoms with Crippen LogP contribution in [0.25, 0.3) is 0 Å². The highest BCUT2D eigenvalue weighted by Crippen LogP contribution is 2.24. The monoisotopic (exact) mass is 258 g/mol. The third-order valence-corrected chi connectivity index (χ3v) is 3.67. The molecule has 0 fully saturated rings. The van der Waals surface area contributed by atoms with Crippen molar-refractivity contribution in [2.24, 2.45) is 7.05 Å². The molecule has 1 atom stereocenters. The quantitative estimate of drug-likeness (QED) is 0.915. The van der Waals surface area contributed by atoms with Crippen LogP contribution in [0, 0.1) is 13.8 Å². The van der Waals surface area contributed by atoms with E-state index in [9.17, 15) is 5.11 Å². The fraction of sp³-hybridized carbons (Fsp3) is 0.438. The highest BCUT2D eigenvalue weighted by atomic mass is 16.3. The van der Waals surface area contributed by atoms with Crippen LogP contribution in [0.5, 0.6) is 0 Å². The summed E-state index contributed by atoms with van der Waals surface area (Å²) in [5, 5.41) is 14.9. The van der Waals surface area contributed by atoms with Crippen molar-refractivity contribution in [2.75, 3.05) is 0 Å². The highest BCUT2D eigenvalue weighted by molar-refractivity contribution is 5.35. The molecule has 0 aliphatic heterocycles. The van der Waals surface area contributed by atoms with Crippen LogP contribution in [0.3, 0.4) is 0 Å². The molecule has 2 aromatic rings. The first-order chi connectivity index (χ1) is 9.02. The molecule has 1 unspecified atom stereocenters. The summed E-state index contributed by atoms with van der Waals surface area (Å²) in [5.74, 6) is 0. The van der Waals surface area contributed by atoms with Gasteiger partial charge in [-0.3, -0.25) is 4.68 Å². The van der Waals surface area contributed by atoms with Crippen LogP contribution < -0.4 is 0 Å². The second kappa shape index (κ2) is 5.57. The van der Waals surface area contributed by atoms with Gasteiger partial charge in [0.15, 0.2) is 0 Å². The van der Waals surface area contributed by atoms with E-state index in [1.165, 1.54) is 16.7 Å². The van der Waals surface area contributed by atoms with E-state index in [1.807, 2.05) is 13.2 Å². The minimum Gasteiger partial charge on any atom is -0.388 e. The molecule has 0 saturated carbocycles. The first-order valence-electron chi connectivity index (χ1n) is 6.78. The normalized spacial score (nSPS) is 12.7. The predicted molar refractivity (Wildman–Crippen MR) is 77.2 cm³/mol. The van der Waals surface area contributed by atoms with Gasteiger partial charge in [-0.1, -0.05) is 25.1 Å². The lowest BCUT2D eigenvalue weighted by atomic mass is 9.94. The van der Waals surface area contributed by atoms with Crippen molar-refractivity contribution in [1.29, 1.82) is 0 Å². The summed E-state index contributed by atoms with van der Waals surface area (Å²) >= 11 is 0. The number of benzene rings is 1. The lowest BCUT2D eigenvalue weighted by molar-refractivity contribution is 0.177. The van der Waals surface area contributed by atoms with E-state index in [2.05, 4.69) is 44.1 Å². The molecular formula is C16H22N2O. The van der Waals surface area contributed by atoms with Crippen molar-refractivity contribution < 1.29 is 5.11 Å². The van der Waals surface area contributed by atoms with E-state index in [4.69, 9.17) is 0 Å². The van der Waals surface area contributed by atoms with Crippen LogP contribution in [0.15, 0.2) is 24.4 Å². The second-order valence-electron chi connectivity index (χ2n) is 5.15. The van der Waals surface area contributed by atoms with Gasteiger partial charge in [0.1, 0.15) is 0 Å². The minimum atomic E-state index is -0.483. The molecule has 0 radical (unpaired) electrons. The van der Waals surface area contributed by atoms with Crippen molar-refractivity contribution in [3.8, 4) is 0 Å². The number of aliphatic hydroxyl groups excluding tert-OH is 1. The fourth-order valence-corrected chi connectivity index (χ4v) is 2.58. The Morgan fingerprint density at radius 3 is 2.47 bits per heavy atom. The lowest BCUT2D eigenvalue weighted by Crippen LogP contribution is -2.06. The Morgan fingerprint density at radius 1 is 1.26 bits per heavy atom. The largest absolute Gasteiger partial charge is 0.388 e. The van der Waals surface area contributed by atoms with Gasteiger partial charge in [0.05, 0.1) is 11.8 Å². The topological polar surface area (TPSA) is 38.0 Å². The smallest absolute Gasteiger partial charge is 0.0863 e. The van der Waals surface area contributed by atoms with Crippen molar-refractivity contribution >= 4 is 0 Å². The van der Waals surface area contributed by atoms with Crippen LogP contribution in [-0.4, -0.2) is 14.9 Å². The standard InChI is InChI=1S/C16H22N2O/c1-5-15-14(10-18(4)17-15)16(19)9-13-11(2)7-6-8-12(13)3/h6-8,10,16,19H,5,9H2,1-4H3. The van der Waals surface area contributed by atoms with Gasteiger partial charge in [0.2, 0.25) is 0 Å². The Morgan fingerprint density at radius 2 is 1.89 bits per heavy atom. The molecule has 3 heteroatoms. The zero-order valence-corrected chi connectivity index (χ0v) is 12.1. The Bertz CT molecular complexity index is 552. The number of aryl methyl sites for hydroxylation is 4. The van der Waals surface area contributed by atoms with E-state index in [-0.39, 0.29) is 0 Å². The maximum Gasteiger partial charge on any atom is 0.0863 e. The third kappa shape index (κ3) is 2.87. The number of aromatic nitrogens is 2. The zero-order valence-electron chi connectivity index (χ0n) is 12.1. The van der Waals surface area contributed by atoms with E-state index in [0.717, 1.165) is 17.7 Å². The van der Waals surface area contributed by atoms with Crippen LogP contribution in [0.2, 0.25) is 0 Å². The molecule has 1 aromatic heterocycles. The predicted octanol–water partition coefficient (Wildman–Crippen LogP) is 2.88. The first kappa shape index (κ1) is 13.8. The van der Waals surface area contributed by atoms with E-state index >= 15 is 0 Å². The summed E-state index contributed by atoms with van der Waals surface area (Å²) in [4.78, 5) is 0. The average molecular weight is 258 g/mol. The number of hydrogen-bond acceptors (Lipinski definition) is 2. The second-order valence-corrected chi connectivity index (χ2v) is 5.15. The number of nitrogens with zero attached hydrogens (tertiary/aromatic N) is 2. The van der Waals surface area contributed by atoms with Crippen molar-refractivity contribution in [3.63, 3.8) is 0 Å². The van der Waals surface area contributed by atoms with Gasteiger partial charge in [0.25, 0.3) is 0 Å². The Kier molecular flexibility index (Phi) is 4.05. The van der Waals surface area contributed by atoms with Gasteiger partial charge in [-0.25, -0.2) is 0 Å². The summed E-state index contributed by atoms with van der Waals surface area (Å²) < 4.78 is 1.78. The molecule has 2 rings (SSSR count). The molecule has 0 spiro atoms. The van der Waals surface area contributed by atoms with Crippen LogP contribution >= 0.6 is 0 Å². The van der Waals surface area contributed by atoms with Gasteiger partial charge < -0.3 is 5.11 Å². The maximum absolute atomic E-state index is 10.5. The molecule has 3 nitrogen and oxygen atoms in total. The van der Waals surface area contributed by atoms with Gasteiger partial charge in [-0.05, 0) is 37.0 Å². The minimum absolute atomic E-state index is 0.483. The van der Waals surface area contributed by atoms with Crippen LogP contribution in [0.4, 0.5) is 0 Å². The summed E-state index contributed by atoms with van der Waals surface area (Å²) in [6, 6.07) is 6.25. The fourth-order valence-electron chi connectivity index (χ4n) is 2.58. The number of rotatable bonds is 4. The van der Waals surface area contributed by atoms with Crippen molar-refractivity contribution in [2.45, 2.75) is 39.7 Å². The Balaban J connectivity index is 2.28. The molecule has 1 aromatic carbocycles. The van der Waals surface area contributed by atoms with Gasteiger partial charge in [-0.2, -0.15) is 5.10 Å². The lowest BCUT2D eigenvalue weighted by Gasteiger charge is -2.14. The van der Waals surface area contributed by atoms with Gasteiger partial charge in [0, 0.05) is 25.2 Å². The van der Waals surface area contributed by atoms with Gasteiger partial charge in [-0.15, -0.1) is 0 Å². The highest BCUT2D eigenvalue weighted by Gasteiger charge is 2.17. The molecular weight excluding hydrogens is 236 g/mol. The molecule has 0 aliphatic carbocycles. The summed E-state index contributed by atoms with van der Waals surface area (Å²) in [5.41, 5.74) is 5.65. The summed E-state index contributed by atoms with van der Waals surface area (Å²) in [7, 11) is 1.90. The SMILES string of the molecule is CCc1nn(C)cc1C(O)Cc1c(C)cccc1C. The number of aliphatic hydroxyl groups is 1. The number of hydrogen-bond donors (Lipinski definition) is 1. The van der Waals surface area contributed by atoms with Crippen molar-refractivity contribution in [1.82, 2.24) is 9.78 Å². The van der Waals surface area contributed by atoms with Crippen molar-refractivity contribution in [3.05, 3.63) is 52.3 Å². The molecule has 0 bridgehead atoms. The molecule has 102 valence electrons. The van der Waals surface area contributed by atoms with Crippen LogP contribution in [-0.2, 0) is 19.9 Å². The zero-order chi connectivity index (χ0) is 14.0. The average Bonchev–Trinajstić information content (AvgIpc) is 2.75. The molecule has 0 saturated heterocycles. The molecule has 1 N–H and O–H groups in total. The van der Waals surface area contributed by atoms with Crippen LogP contribution in [0.1, 0.15) is 41.0 Å². The van der Waals surface area contributed by atoms with E-state index in [1.54, 1.807) is 4.68 Å². The molecule has 0 amide bonds.